The summed E-state index contributed by atoms with van der Waals surface area (Å²) in [6, 6.07) is 13.9. The van der Waals surface area contributed by atoms with Crippen LogP contribution in [0.1, 0.15) is 31.0 Å². The van der Waals surface area contributed by atoms with Crippen molar-refractivity contribution in [3.8, 4) is 23.8 Å². The summed E-state index contributed by atoms with van der Waals surface area (Å²) in [7, 11) is 1.56. The van der Waals surface area contributed by atoms with Crippen molar-refractivity contribution >= 4 is 23.4 Å². The minimum absolute atomic E-state index is 0.184. The molecule has 35 heavy (non-hydrogen) atoms. The molecule has 4 rings (SSSR count). The number of nitrogens with zero attached hydrogens (tertiary/aromatic N) is 2. The van der Waals surface area contributed by atoms with Crippen LogP contribution in [-0.4, -0.2) is 30.9 Å². The summed E-state index contributed by atoms with van der Waals surface area (Å²) in [5.41, 5.74) is 2.05. The molecule has 0 bridgehead atoms. The van der Waals surface area contributed by atoms with E-state index in [0.717, 1.165) is 5.56 Å². The highest BCUT2D eigenvalue weighted by atomic mass is 32.1. The topological polar surface area (TPSA) is 79.1 Å². The van der Waals surface area contributed by atoms with Crippen LogP contribution in [0.4, 0.5) is 0 Å². The summed E-state index contributed by atoms with van der Waals surface area (Å²) in [4.78, 5) is 31.7. The SMILES string of the molecule is C#CCOc1ccc(/C=c2/sc3n(c2=O)[C@H](c2ccccc2OC)C(C(=O)OCC)=C(C)N=3)cc1. The molecule has 0 fully saturated rings. The van der Waals surface area contributed by atoms with E-state index in [9.17, 15) is 9.59 Å². The van der Waals surface area contributed by atoms with Crippen molar-refractivity contribution < 1.29 is 19.0 Å². The van der Waals surface area contributed by atoms with Crippen LogP contribution in [0, 0.1) is 12.3 Å². The minimum Gasteiger partial charge on any atom is -0.496 e. The van der Waals surface area contributed by atoms with Gasteiger partial charge in [-0.2, -0.15) is 0 Å². The molecule has 0 amide bonds. The van der Waals surface area contributed by atoms with Crippen LogP contribution in [0.15, 0.2) is 69.6 Å². The molecule has 0 spiro atoms. The number of esters is 1. The molecular formula is C27H24N2O5S. The number of fused-ring (bicyclic) bond motifs is 1. The van der Waals surface area contributed by atoms with Crippen LogP contribution < -0.4 is 24.4 Å². The van der Waals surface area contributed by atoms with Gasteiger partial charge in [-0.1, -0.05) is 47.6 Å². The molecule has 0 saturated carbocycles. The zero-order valence-electron chi connectivity index (χ0n) is 19.6. The second kappa shape index (κ2) is 10.5. The molecule has 0 aliphatic carbocycles. The summed E-state index contributed by atoms with van der Waals surface area (Å²) in [5.74, 6) is 3.12. The number of para-hydroxylation sites is 1. The van der Waals surface area contributed by atoms with Crippen LogP contribution in [0.2, 0.25) is 0 Å². The molecule has 1 atom stereocenters. The molecule has 3 aromatic rings. The van der Waals surface area contributed by atoms with E-state index in [1.807, 2.05) is 30.3 Å². The lowest BCUT2D eigenvalue weighted by Crippen LogP contribution is -2.40. The number of terminal acetylenes is 1. The largest absolute Gasteiger partial charge is 0.496 e. The third-order valence-corrected chi connectivity index (χ3v) is 6.43. The Labute approximate surface area is 206 Å². The van der Waals surface area contributed by atoms with E-state index < -0.39 is 12.0 Å². The molecule has 8 heteroatoms. The quantitative estimate of drug-likeness (QED) is 0.378. The number of carbonyl (C=O) groups excluding carboxylic acids is 1. The highest BCUT2D eigenvalue weighted by Gasteiger charge is 2.34. The Morgan fingerprint density at radius 1 is 1.23 bits per heavy atom. The van der Waals surface area contributed by atoms with Crippen molar-refractivity contribution in [1.29, 1.82) is 0 Å². The molecule has 2 aromatic carbocycles. The van der Waals surface area contributed by atoms with Gasteiger partial charge in [0.15, 0.2) is 4.80 Å². The summed E-state index contributed by atoms with van der Waals surface area (Å²) >= 11 is 1.26. The Balaban J connectivity index is 1.88. The van der Waals surface area contributed by atoms with E-state index in [1.165, 1.54) is 15.9 Å². The average Bonchev–Trinajstić information content (AvgIpc) is 3.17. The van der Waals surface area contributed by atoms with E-state index >= 15 is 0 Å². The van der Waals surface area contributed by atoms with Gasteiger partial charge in [-0.05, 0) is 43.7 Å². The van der Waals surface area contributed by atoms with Crippen LogP contribution in [0.3, 0.4) is 0 Å². The van der Waals surface area contributed by atoms with Gasteiger partial charge in [-0.15, -0.1) is 6.42 Å². The maximum atomic E-state index is 13.7. The number of hydrogen-bond donors (Lipinski definition) is 0. The molecular weight excluding hydrogens is 464 g/mol. The van der Waals surface area contributed by atoms with Crippen molar-refractivity contribution in [2.45, 2.75) is 19.9 Å². The van der Waals surface area contributed by atoms with Gasteiger partial charge in [0.25, 0.3) is 5.56 Å². The first kappa shape index (κ1) is 24.0. The first-order valence-electron chi connectivity index (χ1n) is 11.0. The lowest BCUT2D eigenvalue weighted by Gasteiger charge is -2.25. The molecule has 7 nitrogen and oxygen atoms in total. The van der Waals surface area contributed by atoms with Crippen molar-refractivity contribution in [1.82, 2.24) is 4.57 Å². The number of rotatable bonds is 7. The fourth-order valence-electron chi connectivity index (χ4n) is 3.91. The predicted octanol–water partition coefficient (Wildman–Crippen LogP) is 2.82. The Morgan fingerprint density at radius 3 is 2.66 bits per heavy atom. The Morgan fingerprint density at radius 2 is 1.97 bits per heavy atom. The van der Waals surface area contributed by atoms with E-state index in [0.29, 0.717) is 37.7 Å². The fraction of sp³-hybridized carbons (Fsp3) is 0.222. The number of benzene rings is 2. The zero-order valence-corrected chi connectivity index (χ0v) is 20.4. The van der Waals surface area contributed by atoms with Crippen molar-refractivity contribution in [3.05, 3.63) is 90.6 Å². The summed E-state index contributed by atoms with van der Waals surface area (Å²) in [6.45, 7) is 3.88. The predicted molar refractivity (Wildman–Crippen MR) is 134 cm³/mol. The number of methoxy groups -OCH3 is 1. The van der Waals surface area contributed by atoms with E-state index in [2.05, 4.69) is 10.9 Å². The number of allylic oxidation sites excluding steroid dienone is 1. The van der Waals surface area contributed by atoms with Crippen LogP contribution in [0.5, 0.6) is 11.5 Å². The number of thiazole rings is 1. The van der Waals surface area contributed by atoms with Crippen molar-refractivity contribution in [3.63, 3.8) is 0 Å². The maximum Gasteiger partial charge on any atom is 0.338 e. The third-order valence-electron chi connectivity index (χ3n) is 5.45. The van der Waals surface area contributed by atoms with Crippen LogP contribution in [0.25, 0.3) is 6.08 Å². The summed E-state index contributed by atoms with van der Waals surface area (Å²) in [5, 5.41) is 0. The monoisotopic (exact) mass is 488 g/mol. The van der Waals surface area contributed by atoms with Crippen molar-refractivity contribution in [2.75, 3.05) is 20.3 Å². The van der Waals surface area contributed by atoms with E-state index in [4.69, 9.17) is 20.6 Å². The van der Waals surface area contributed by atoms with Gasteiger partial charge in [0.2, 0.25) is 0 Å². The Bertz CT molecular complexity index is 1510. The molecule has 0 unspecified atom stereocenters. The summed E-state index contributed by atoms with van der Waals surface area (Å²) < 4.78 is 18.3. The number of ether oxygens (including phenoxy) is 3. The Hall–Kier alpha value is -4.09. The van der Waals surface area contributed by atoms with Gasteiger partial charge in [0.05, 0.1) is 29.5 Å². The first-order chi connectivity index (χ1) is 17.0. The highest BCUT2D eigenvalue weighted by molar-refractivity contribution is 7.07. The molecule has 0 N–H and O–H groups in total. The highest BCUT2D eigenvalue weighted by Crippen LogP contribution is 2.35. The molecule has 0 radical (unpaired) electrons. The van der Waals surface area contributed by atoms with Gasteiger partial charge in [-0.25, -0.2) is 9.79 Å². The van der Waals surface area contributed by atoms with Gasteiger partial charge in [0.1, 0.15) is 24.1 Å². The van der Waals surface area contributed by atoms with E-state index in [-0.39, 0.29) is 18.8 Å². The summed E-state index contributed by atoms with van der Waals surface area (Å²) in [6.07, 6.45) is 7.02. The number of carbonyl (C=O) groups is 1. The van der Waals surface area contributed by atoms with Gasteiger partial charge < -0.3 is 14.2 Å². The van der Waals surface area contributed by atoms with Crippen molar-refractivity contribution in [2.24, 2.45) is 4.99 Å². The maximum absolute atomic E-state index is 13.7. The molecule has 178 valence electrons. The smallest absolute Gasteiger partial charge is 0.338 e. The van der Waals surface area contributed by atoms with Crippen LogP contribution >= 0.6 is 11.3 Å². The standard InChI is InChI=1S/C27H24N2O5S/c1-5-15-34-19-13-11-18(12-14-19)16-22-25(30)29-24(20-9-7-8-10-21(20)32-4)23(26(31)33-6-2)17(3)28-27(29)35-22/h1,7-14,16,24H,6,15H2,2-4H3/b22-16+/t24-/m1/s1. The second-order valence-corrected chi connectivity index (χ2v) is 8.62. The van der Waals surface area contributed by atoms with Crippen LogP contribution in [-0.2, 0) is 9.53 Å². The lowest BCUT2D eigenvalue weighted by atomic mass is 9.95. The van der Waals surface area contributed by atoms with Gasteiger partial charge in [-0.3, -0.25) is 9.36 Å². The first-order valence-corrected chi connectivity index (χ1v) is 11.8. The molecule has 1 aliphatic heterocycles. The Kier molecular flexibility index (Phi) is 7.18. The molecule has 1 aliphatic rings. The number of aromatic nitrogens is 1. The molecule has 1 aromatic heterocycles. The zero-order chi connectivity index (χ0) is 24.9. The normalized spacial score (nSPS) is 15.1. The second-order valence-electron chi connectivity index (χ2n) is 7.61. The fourth-order valence-corrected chi connectivity index (χ4v) is 4.96. The van der Waals surface area contributed by atoms with Gasteiger partial charge >= 0.3 is 5.97 Å². The number of hydrogen-bond acceptors (Lipinski definition) is 7. The average molecular weight is 489 g/mol. The van der Waals surface area contributed by atoms with Gasteiger partial charge in [0, 0.05) is 5.56 Å². The minimum atomic E-state index is -0.733. The lowest BCUT2D eigenvalue weighted by molar-refractivity contribution is -0.139. The van der Waals surface area contributed by atoms with E-state index in [1.54, 1.807) is 45.2 Å². The molecule has 2 heterocycles. The third kappa shape index (κ3) is 4.77. The molecule has 0 saturated heterocycles.